The number of rotatable bonds is 3. The van der Waals surface area contributed by atoms with Crippen molar-refractivity contribution in [1.82, 2.24) is 20.0 Å². The summed E-state index contributed by atoms with van der Waals surface area (Å²) in [7, 11) is 0. The molecule has 6 heteroatoms. The maximum Gasteiger partial charge on any atom is 0.274 e. The summed E-state index contributed by atoms with van der Waals surface area (Å²) in [5, 5.41) is 8.00. The van der Waals surface area contributed by atoms with Gasteiger partial charge in [0.15, 0.2) is 0 Å². The second-order valence-electron chi connectivity index (χ2n) is 7.72. The van der Waals surface area contributed by atoms with Crippen molar-refractivity contribution in [2.45, 2.75) is 38.1 Å². The number of hydrogen-bond donors (Lipinski definition) is 1. The standard InChI is InChI=1S/C21H28N4O.ClH/c1-16-15-24(12-9-19(16)17-6-3-2-4-7-17)21(26)20-10-13-25(23-20)18-8-5-11-22-14-18;/h2-4,6-7,10,13,16,18-19,22H,5,8-9,11-12,14-15H2,1H3;1H. The molecule has 2 aromatic rings. The Hall–Kier alpha value is -1.85. The number of aromatic nitrogens is 2. The lowest BCUT2D eigenvalue weighted by Gasteiger charge is -2.37. The van der Waals surface area contributed by atoms with Crippen molar-refractivity contribution in [3.05, 3.63) is 53.9 Å². The summed E-state index contributed by atoms with van der Waals surface area (Å²) < 4.78 is 1.97. The highest BCUT2D eigenvalue weighted by Gasteiger charge is 2.31. The van der Waals surface area contributed by atoms with Gasteiger partial charge >= 0.3 is 0 Å². The highest BCUT2D eigenvalue weighted by Crippen LogP contribution is 2.33. The van der Waals surface area contributed by atoms with Crippen LogP contribution < -0.4 is 5.32 Å². The maximum absolute atomic E-state index is 12.9. The summed E-state index contributed by atoms with van der Waals surface area (Å²) in [4.78, 5) is 14.9. The van der Waals surface area contributed by atoms with Crippen LogP contribution in [0.1, 0.15) is 54.2 Å². The summed E-state index contributed by atoms with van der Waals surface area (Å²) in [5.41, 5.74) is 1.97. The van der Waals surface area contributed by atoms with Crippen LogP contribution in [0.25, 0.3) is 0 Å². The second kappa shape index (κ2) is 8.89. The zero-order valence-electron chi connectivity index (χ0n) is 15.9. The molecule has 3 unspecified atom stereocenters. The van der Waals surface area contributed by atoms with E-state index in [1.165, 1.54) is 12.0 Å². The number of carbonyl (C=O) groups is 1. The summed E-state index contributed by atoms with van der Waals surface area (Å²) in [6, 6.07) is 12.9. The van der Waals surface area contributed by atoms with Gasteiger partial charge in [-0.05, 0) is 49.3 Å². The van der Waals surface area contributed by atoms with Gasteiger partial charge in [-0.1, -0.05) is 37.3 Å². The molecule has 2 aliphatic rings. The van der Waals surface area contributed by atoms with Crippen LogP contribution in [-0.2, 0) is 0 Å². The smallest absolute Gasteiger partial charge is 0.274 e. The van der Waals surface area contributed by atoms with E-state index in [-0.39, 0.29) is 18.3 Å². The van der Waals surface area contributed by atoms with Gasteiger partial charge in [0, 0.05) is 25.8 Å². The summed E-state index contributed by atoms with van der Waals surface area (Å²) in [6.45, 7) is 5.88. The molecule has 5 nitrogen and oxygen atoms in total. The molecule has 0 aliphatic carbocycles. The molecule has 2 fully saturated rings. The van der Waals surface area contributed by atoms with E-state index in [9.17, 15) is 4.79 Å². The molecular weight excluding hydrogens is 360 g/mol. The van der Waals surface area contributed by atoms with Crippen LogP contribution in [0, 0.1) is 5.92 Å². The fraction of sp³-hybridized carbons (Fsp3) is 0.524. The van der Waals surface area contributed by atoms with Crippen LogP contribution in [-0.4, -0.2) is 46.8 Å². The number of nitrogens with one attached hydrogen (secondary N) is 1. The Kier molecular flexibility index (Phi) is 6.55. The number of nitrogens with zero attached hydrogens (tertiary/aromatic N) is 3. The van der Waals surface area contributed by atoms with E-state index < -0.39 is 0 Å². The first kappa shape index (κ1) is 19.9. The van der Waals surface area contributed by atoms with Crippen LogP contribution in [0.5, 0.6) is 0 Å². The lowest BCUT2D eigenvalue weighted by atomic mass is 9.81. The molecule has 2 aliphatic heterocycles. The Morgan fingerprint density at radius 2 is 2.00 bits per heavy atom. The number of benzene rings is 1. The third-order valence-electron chi connectivity index (χ3n) is 5.89. The Morgan fingerprint density at radius 1 is 1.19 bits per heavy atom. The van der Waals surface area contributed by atoms with Crippen LogP contribution in [0.2, 0.25) is 0 Å². The van der Waals surface area contributed by atoms with E-state index in [2.05, 4.69) is 47.7 Å². The topological polar surface area (TPSA) is 50.2 Å². The van der Waals surface area contributed by atoms with Crippen molar-refractivity contribution < 1.29 is 4.79 Å². The van der Waals surface area contributed by atoms with Crippen molar-refractivity contribution >= 4 is 18.3 Å². The van der Waals surface area contributed by atoms with Crippen LogP contribution in [0.15, 0.2) is 42.6 Å². The van der Waals surface area contributed by atoms with Gasteiger partial charge in [-0.2, -0.15) is 5.10 Å². The second-order valence-corrected chi connectivity index (χ2v) is 7.72. The van der Waals surface area contributed by atoms with E-state index in [4.69, 9.17) is 0 Å². The van der Waals surface area contributed by atoms with Crippen molar-refractivity contribution in [1.29, 1.82) is 0 Å². The summed E-state index contributed by atoms with van der Waals surface area (Å²) in [6.07, 6.45) is 5.27. The van der Waals surface area contributed by atoms with Crippen molar-refractivity contribution in [3.63, 3.8) is 0 Å². The molecule has 146 valence electrons. The number of halogens is 1. The molecule has 0 saturated carbocycles. The van der Waals surface area contributed by atoms with Gasteiger partial charge in [0.1, 0.15) is 5.69 Å². The average molecular weight is 389 g/mol. The summed E-state index contributed by atoms with van der Waals surface area (Å²) >= 11 is 0. The van der Waals surface area contributed by atoms with Gasteiger partial charge in [0.2, 0.25) is 0 Å². The van der Waals surface area contributed by atoms with Gasteiger partial charge in [0.05, 0.1) is 6.04 Å². The average Bonchev–Trinajstić information content (AvgIpc) is 3.19. The molecule has 0 radical (unpaired) electrons. The first-order valence-corrected chi connectivity index (χ1v) is 9.82. The predicted octanol–water partition coefficient (Wildman–Crippen LogP) is 3.50. The molecule has 4 rings (SSSR count). The van der Waals surface area contributed by atoms with E-state index in [1.807, 2.05) is 21.8 Å². The molecule has 0 spiro atoms. The molecule has 3 atom stereocenters. The van der Waals surface area contributed by atoms with Gasteiger partial charge < -0.3 is 10.2 Å². The molecule has 1 amide bonds. The normalized spacial score (nSPS) is 25.7. The minimum atomic E-state index is 0. The number of likely N-dealkylation sites (tertiary alicyclic amines) is 1. The first-order valence-electron chi connectivity index (χ1n) is 9.82. The third kappa shape index (κ3) is 4.36. The minimum absolute atomic E-state index is 0. The number of hydrogen-bond acceptors (Lipinski definition) is 3. The quantitative estimate of drug-likeness (QED) is 0.875. The highest BCUT2D eigenvalue weighted by atomic mass is 35.5. The molecule has 1 N–H and O–H groups in total. The van der Waals surface area contributed by atoms with Gasteiger partial charge in [-0.3, -0.25) is 9.48 Å². The van der Waals surface area contributed by atoms with Gasteiger partial charge in [-0.15, -0.1) is 12.4 Å². The Labute approximate surface area is 167 Å². The molecule has 2 saturated heterocycles. The zero-order chi connectivity index (χ0) is 17.9. The van der Waals surface area contributed by atoms with Crippen molar-refractivity contribution in [2.75, 3.05) is 26.2 Å². The fourth-order valence-corrected chi connectivity index (χ4v) is 4.40. The van der Waals surface area contributed by atoms with Gasteiger partial charge in [-0.25, -0.2) is 0 Å². The Bertz CT molecular complexity index is 742. The Morgan fingerprint density at radius 3 is 2.70 bits per heavy atom. The van der Waals surface area contributed by atoms with Crippen molar-refractivity contribution in [3.8, 4) is 0 Å². The minimum Gasteiger partial charge on any atom is -0.337 e. The van der Waals surface area contributed by atoms with Crippen LogP contribution in [0.4, 0.5) is 0 Å². The third-order valence-corrected chi connectivity index (χ3v) is 5.89. The number of amides is 1. The number of piperidine rings is 2. The molecule has 1 aromatic heterocycles. The highest BCUT2D eigenvalue weighted by molar-refractivity contribution is 5.92. The molecule has 0 bridgehead atoms. The van der Waals surface area contributed by atoms with E-state index in [0.29, 0.717) is 23.6 Å². The number of carbonyl (C=O) groups excluding carboxylic acids is 1. The monoisotopic (exact) mass is 388 g/mol. The summed E-state index contributed by atoms with van der Waals surface area (Å²) in [5.74, 6) is 1.07. The fourth-order valence-electron chi connectivity index (χ4n) is 4.40. The lowest BCUT2D eigenvalue weighted by Crippen LogP contribution is -2.42. The SMILES string of the molecule is CC1CN(C(=O)c2ccn(C3CCCNC3)n2)CCC1c1ccccc1.Cl. The Balaban J connectivity index is 0.00000210. The molecule has 27 heavy (non-hydrogen) atoms. The van der Waals surface area contributed by atoms with Crippen molar-refractivity contribution in [2.24, 2.45) is 5.92 Å². The molecule has 1 aromatic carbocycles. The molecular formula is C21H29ClN4O. The van der Waals surface area contributed by atoms with E-state index >= 15 is 0 Å². The zero-order valence-corrected chi connectivity index (χ0v) is 16.7. The van der Waals surface area contributed by atoms with Crippen LogP contribution >= 0.6 is 12.4 Å². The first-order chi connectivity index (χ1) is 12.7. The predicted molar refractivity (Wildman–Crippen MR) is 109 cm³/mol. The van der Waals surface area contributed by atoms with Crippen LogP contribution in [0.3, 0.4) is 0 Å². The molecule has 3 heterocycles. The largest absolute Gasteiger partial charge is 0.337 e. The van der Waals surface area contributed by atoms with E-state index in [0.717, 1.165) is 39.0 Å². The van der Waals surface area contributed by atoms with Gasteiger partial charge in [0.25, 0.3) is 5.91 Å². The lowest BCUT2D eigenvalue weighted by molar-refractivity contribution is 0.0653. The maximum atomic E-state index is 12.9. The van der Waals surface area contributed by atoms with E-state index in [1.54, 1.807) is 0 Å².